The number of carboxylic acids is 1. The minimum absolute atomic E-state index is 0.396. The molecule has 0 saturated carbocycles. The first-order chi connectivity index (χ1) is 8.13. The second kappa shape index (κ2) is 5.27. The highest BCUT2D eigenvalue weighted by Gasteiger charge is 2.24. The molecule has 1 fully saturated rings. The lowest BCUT2D eigenvalue weighted by molar-refractivity contribution is 0.0701. The van der Waals surface area contributed by atoms with Gasteiger partial charge in [0.1, 0.15) is 4.88 Å². The number of thioether (sulfide) groups is 1. The highest BCUT2D eigenvalue weighted by atomic mass is 32.2. The van der Waals surface area contributed by atoms with Gasteiger partial charge in [-0.15, -0.1) is 0 Å². The van der Waals surface area contributed by atoms with Crippen molar-refractivity contribution < 1.29 is 9.90 Å². The summed E-state index contributed by atoms with van der Waals surface area (Å²) in [6.45, 7) is 5.07. The molecule has 6 heteroatoms. The zero-order valence-corrected chi connectivity index (χ0v) is 11.6. The lowest BCUT2D eigenvalue weighted by Gasteiger charge is -2.32. The topological polar surface area (TPSA) is 53.4 Å². The van der Waals surface area contributed by atoms with Crippen molar-refractivity contribution in [3.63, 3.8) is 0 Å². The Hall–Kier alpha value is -0.750. The number of carbonyl (C=O) groups is 1. The number of thiazole rings is 1. The highest BCUT2D eigenvalue weighted by Crippen LogP contribution is 2.30. The van der Waals surface area contributed by atoms with Crippen LogP contribution in [-0.4, -0.2) is 40.2 Å². The fraction of sp³-hybridized carbons (Fsp3) is 0.636. The van der Waals surface area contributed by atoms with Crippen LogP contribution in [0.4, 0.5) is 5.13 Å². The number of hydrogen-bond donors (Lipinski definition) is 1. The van der Waals surface area contributed by atoms with Crippen LogP contribution in [0.3, 0.4) is 0 Å². The van der Waals surface area contributed by atoms with Crippen LogP contribution in [0.5, 0.6) is 0 Å². The smallest absolute Gasteiger partial charge is 0.347 e. The first kappa shape index (κ1) is 12.7. The van der Waals surface area contributed by atoms with Crippen molar-refractivity contribution >= 4 is 34.2 Å². The number of aryl methyl sites for hydroxylation is 1. The summed E-state index contributed by atoms with van der Waals surface area (Å²) in [6, 6.07) is 0.436. The van der Waals surface area contributed by atoms with E-state index in [-0.39, 0.29) is 0 Å². The molecule has 0 radical (unpaired) electrons. The van der Waals surface area contributed by atoms with Gasteiger partial charge in [0.15, 0.2) is 5.13 Å². The number of hydrogen-bond acceptors (Lipinski definition) is 5. The molecule has 0 aromatic carbocycles. The Bertz CT molecular complexity index is 420. The summed E-state index contributed by atoms with van der Waals surface area (Å²) in [4.78, 5) is 18.2. The fourth-order valence-electron chi connectivity index (χ4n) is 1.88. The van der Waals surface area contributed by atoms with Crippen molar-refractivity contribution in [2.75, 3.05) is 23.0 Å². The molecule has 1 unspecified atom stereocenters. The van der Waals surface area contributed by atoms with E-state index in [4.69, 9.17) is 5.11 Å². The number of aromatic nitrogens is 1. The molecule has 1 aromatic heterocycles. The Morgan fingerprint density at radius 1 is 1.65 bits per heavy atom. The van der Waals surface area contributed by atoms with E-state index in [2.05, 4.69) is 16.8 Å². The van der Waals surface area contributed by atoms with Gasteiger partial charge in [-0.25, -0.2) is 9.78 Å². The van der Waals surface area contributed by atoms with Gasteiger partial charge in [0, 0.05) is 24.1 Å². The van der Waals surface area contributed by atoms with E-state index in [9.17, 15) is 4.79 Å². The molecule has 1 N–H and O–H groups in total. The van der Waals surface area contributed by atoms with Gasteiger partial charge in [0.2, 0.25) is 0 Å². The van der Waals surface area contributed by atoms with E-state index >= 15 is 0 Å². The fourth-order valence-corrected chi connectivity index (χ4v) is 4.02. The molecule has 0 amide bonds. The minimum atomic E-state index is -0.857. The summed E-state index contributed by atoms with van der Waals surface area (Å²) < 4.78 is 0. The van der Waals surface area contributed by atoms with Crippen LogP contribution in [-0.2, 0) is 6.42 Å². The maximum Gasteiger partial charge on any atom is 0.347 e. The van der Waals surface area contributed by atoms with Crippen molar-refractivity contribution in [2.45, 2.75) is 26.3 Å². The maximum absolute atomic E-state index is 11.1. The van der Waals surface area contributed by atoms with E-state index in [0.29, 0.717) is 23.0 Å². The highest BCUT2D eigenvalue weighted by molar-refractivity contribution is 7.99. The molecule has 17 heavy (non-hydrogen) atoms. The third-order valence-electron chi connectivity index (χ3n) is 2.83. The van der Waals surface area contributed by atoms with Crippen LogP contribution in [0.2, 0.25) is 0 Å². The monoisotopic (exact) mass is 272 g/mol. The summed E-state index contributed by atoms with van der Waals surface area (Å²) in [5.41, 5.74) is 0.711. The van der Waals surface area contributed by atoms with Crippen LogP contribution in [0, 0.1) is 0 Å². The Morgan fingerprint density at radius 3 is 2.94 bits per heavy atom. The van der Waals surface area contributed by atoms with Crippen molar-refractivity contribution in [1.29, 1.82) is 0 Å². The standard InChI is InChI=1S/C11H16N2O2S2/c1-3-8-9(10(14)15)17-11(12-8)13-4-5-16-6-7(13)2/h7H,3-6H2,1-2H3,(H,14,15). The van der Waals surface area contributed by atoms with Crippen LogP contribution in [0.15, 0.2) is 0 Å². The maximum atomic E-state index is 11.1. The SMILES string of the molecule is CCc1nc(N2CCSCC2C)sc1C(=O)O. The number of rotatable bonds is 3. The van der Waals surface area contributed by atoms with Crippen LogP contribution < -0.4 is 4.90 Å². The van der Waals surface area contributed by atoms with Crippen molar-refractivity contribution in [3.05, 3.63) is 10.6 Å². The number of anilines is 1. The molecular formula is C11H16N2O2S2. The van der Waals surface area contributed by atoms with Gasteiger partial charge in [-0.1, -0.05) is 18.3 Å². The minimum Gasteiger partial charge on any atom is -0.477 e. The van der Waals surface area contributed by atoms with Crippen molar-refractivity contribution in [1.82, 2.24) is 4.98 Å². The second-order valence-corrected chi connectivity index (χ2v) is 6.18. The molecule has 2 rings (SSSR count). The lowest BCUT2D eigenvalue weighted by Crippen LogP contribution is -2.40. The van der Waals surface area contributed by atoms with Gasteiger partial charge in [-0.2, -0.15) is 11.8 Å². The van der Waals surface area contributed by atoms with Crippen LogP contribution in [0.25, 0.3) is 0 Å². The molecule has 1 aliphatic rings. The van der Waals surface area contributed by atoms with Gasteiger partial charge < -0.3 is 10.0 Å². The van der Waals surface area contributed by atoms with Gasteiger partial charge in [-0.3, -0.25) is 0 Å². The van der Waals surface area contributed by atoms with E-state index in [1.54, 1.807) is 0 Å². The molecule has 1 aromatic rings. The third kappa shape index (κ3) is 2.57. The largest absolute Gasteiger partial charge is 0.477 e. The molecule has 1 aliphatic heterocycles. The summed E-state index contributed by atoms with van der Waals surface area (Å²) >= 11 is 3.25. The number of carboxylic acid groups (broad SMARTS) is 1. The quantitative estimate of drug-likeness (QED) is 0.915. The predicted molar refractivity (Wildman–Crippen MR) is 72.6 cm³/mol. The Morgan fingerprint density at radius 2 is 2.41 bits per heavy atom. The lowest BCUT2D eigenvalue weighted by atomic mass is 10.3. The first-order valence-electron chi connectivity index (χ1n) is 5.70. The summed E-state index contributed by atoms with van der Waals surface area (Å²) in [6.07, 6.45) is 0.676. The first-order valence-corrected chi connectivity index (χ1v) is 7.68. The summed E-state index contributed by atoms with van der Waals surface area (Å²) in [5, 5.41) is 9.99. The van der Waals surface area contributed by atoms with E-state index in [1.807, 2.05) is 18.7 Å². The van der Waals surface area contributed by atoms with Crippen molar-refractivity contribution in [3.8, 4) is 0 Å². The molecule has 0 bridgehead atoms. The summed E-state index contributed by atoms with van der Waals surface area (Å²) in [7, 11) is 0. The molecular weight excluding hydrogens is 256 g/mol. The molecule has 2 heterocycles. The zero-order chi connectivity index (χ0) is 12.4. The molecule has 94 valence electrons. The molecule has 0 aliphatic carbocycles. The summed E-state index contributed by atoms with van der Waals surface area (Å²) in [5.74, 6) is 1.32. The Kier molecular flexibility index (Phi) is 3.93. The van der Waals surface area contributed by atoms with Gasteiger partial charge in [-0.05, 0) is 13.3 Å². The molecule has 1 saturated heterocycles. The average molecular weight is 272 g/mol. The molecule has 1 atom stereocenters. The van der Waals surface area contributed by atoms with E-state index in [1.165, 1.54) is 11.3 Å². The zero-order valence-electron chi connectivity index (χ0n) is 9.97. The predicted octanol–water partition coefficient (Wildman–Crippen LogP) is 2.35. The van der Waals surface area contributed by atoms with Crippen molar-refractivity contribution in [2.24, 2.45) is 0 Å². The van der Waals surface area contributed by atoms with E-state index < -0.39 is 5.97 Å². The van der Waals surface area contributed by atoms with Gasteiger partial charge >= 0.3 is 5.97 Å². The molecule has 0 spiro atoms. The number of nitrogens with zero attached hydrogens (tertiary/aromatic N) is 2. The van der Waals surface area contributed by atoms with Gasteiger partial charge in [0.25, 0.3) is 0 Å². The Balaban J connectivity index is 2.29. The number of aromatic carboxylic acids is 1. The van der Waals surface area contributed by atoms with Gasteiger partial charge in [0.05, 0.1) is 5.69 Å². The van der Waals surface area contributed by atoms with E-state index in [0.717, 1.165) is 23.2 Å². The average Bonchev–Trinajstić information content (AvgIpc) is 2.73. The van der Waals surface area contributed by atoms with Crippen LogP contribution >= 0.6 is 23.1 Å². The normalized spacial score (nSPS) is 20.6. The third-order valence-corrected chi connectivity index (χ3v) is 5.14. The molecule has 4 nitrogen and oxygen atoms in total. The second-order valence-electron chi connectivity index (χ2n) is 4.05. The Labute approximate surface area is 109 Å². The van der Waals surface area contributed by atoms with Crippen LogP contribution in [0.1, 0.15) is 29.2 Å².